The van der Waals surface area contributed by atoms with Crippen LogP contribution in [0.25, 0.3) is 10.6 Å². The van der Waals surface area contributed by atoms with Crippen LogP contribution < -0.4 is 5.32 Å². The first-order chi connectivity index (χ1) is 11.2. The number of hydrogen-bond acceptors (Lipinski definition) is 5. The second-order valence-electron chi connectivity index (χ2n) is 5.85. The van der Waals surface area contributed by atoms with Crippen molar-refractivity contribution in [2.75, 3.05) is 26.2 Å². The van der Waals surface area contributed by atoms with E-state index < -0.39 is 0 Å². The molecule has 5 nitrogen and oxygen atoms in total. The van der Waals surface area contributed by atoms with Gasteiger partial charge in [0, 0.05) is 24.8 Å². The lowest BCUT2D eigenvalue weighted by Crippen LogP contribution is -2.37. The standard InChI is InChI=1S/C17H22N4OS/c1-13-16(23-12-20-13)15-11-14(5-6-18-15)17(22)19-7-10-21-8-3-2-4-9-21/h5-6,11-12H,2-4,7-10H2,1H3,(H,19,22). The molecule has 1 saturated heterocycles. The number of nitrogens with zero attached hydrogens (tertiary/aromatic N) is 3. The van der Waals surface area contributed by atoms with Crippen LogP contribution in [-0.4, -0.2) is 47.0 Å². The van der Waals surface area contributed by atoms with E-state index in [1.165, 1.54) is 19.3 Å². The molecule has 0 bridgehead atoms. The molecule has 122 valence electrons. The molecule has 0 spiro atoms. The molecule has 2 aromatic heterocycles. The van der Waals surface area contributed by atoms with Crippen LogP contribution in [-0.2, 0) is 0 Å². The van der Waals surface area contributed by atoms with Gasteiger partial charge in [-0.1, -0.05) is 6.42 Å². The molecular formula is C17H22N4OS. The van der Waals surface area contributed by atoms with Crippen LogP contribution in [0.15, 0.2) is 23.8 Å². The number of nitrogens with one attached hydrogen (secondary N) is 1. The molecule has 1 aliphatic rings. The van der Waals surface area contributed by atoms with Gasteiger partial charge in [-0.25, -0.2) is 4.98 Å². The number of aromatic nitrogens is 2. The summed E-state index contributed by atoms with van der Waals surface area (Å²) >= 11 is 1.55. The first-order valence-electron chi connectivity index (χ1n) is 8.11. The minimum absolute atomic E-state index is 0.0344. The molecular weight excluding hydrogens is 308 g/mol. The fourth-order valence-corrected chi connectivity index (χ4v) is 3.63. The summed E-state index contributed by atoms with van der Waals surface area (Å²) in [6.07, 6.45) is 5.57. The SMILES string of the molecule is Cc1ncsc1-c1cc(C(=O)NCCN2CCCCC2)ccn1. The van der Waals surface area contributed by atoms with E-state index in [4.69, 9.17) is 0 Å². The van der Waals surface area contributed by atoms with Crippen LogP contribution in [0, 0.1) is 6.92 Å². The minimum atomic E-state index is -0.0344. The molecule has 0 atom stereocenters. The van der Waals surface area contributed by atoms with Crippen molar-refractivity contribution in [1.29, 1.82) is 0 Å². The maximum absolute atomic E-state index is 12.3. The number of carbonyl (C=O) groups is 1. The normalized spacial score (nSPS) is 15.5. The Morgan fingerprint density at radius 3 is 2.87 bits per heavy atom. The third-order valence-electron chi connectivity index (χ3n) is 4.16. The molecule has 1 aliphatic heterocycles. The highest BCUT2D eigenvalue weighted by Crippen LogP contribution is 2.25. The highest BCUT2D eigenvalue weighted by Gasteiger charge is 2.12. The number of pyridine rings is 1. The van der Waals surface area contributed by atoms with Crippen LogP contribution in [0.4, 0.5) is 0 Å². The average Bonchev–Trinajstić information content (AvgIpc) is 3.02. The largest absolute Gasteiger partial charge is 0.351 e. The number of amides is 1. The number of piperidine rings is 1. The van der Waals surface area contributed by atoms with Gasteiger partial charge in [-0.3, -0.25) is 9.78 Å². The summed E-state index contributed by atoms with van der Waals surface area (Å²) in [4.78, 5) is 24.4. The molecule has 0 aromatic carbocycles. The van der Waals surface area contributed by atoms with Crippen molar-refractivity contribution < 1.29 is 4.79 Å². The molecule has 1 N–H and O–H groups in total. The van der Waals surface area contributed by atoms with E-state index in [0.29, 0.717) is 12.1 Å². The topological polar surface area (TPSA) is 58.1 Å². The lowest BCUT2D eigenvalue weighted by molar-refractivity contribution is 0.0946. The van der Waals surface area contributed by atoms with E-state index in [2.05, 4.69) is 20.2 Å². The zero-order chi connectivity index (χ0) is 16.1. The van der Waals surface area contributed by atoms with Gasteiger partial charge in [-0.15, -0.1) is 11.3 Å². The van der Waals surface area contributed by atoms with E-state index >= 15 is 0 Å². The van der Waals surface area contributed by atoms with Crippen LogP contribution in [0.2, 0.25) is 0 Å². The highest BCUT2D eigenvalue weighted by atomic mass is 32.1. The summed E-state index contributed by atoms with van der Waals surface area (Å²) < 4.78 is 0. The smallest absolute Gasteiger partial charge is 0.251 e. The first kappa shape index (κ1) is 16.1. The first-order valence-corrected chi connectivity index (χ1v) is 8.99. The maximum Gasteiger partial charge on any atom is 0.251 e. The summed E-state index contributed by atoms with van der Waals surface area (Å²) in [6, 6.07) is 3.60. The summed E-state index contributed by atoms with van der Waals surface area (Å²) in [5, 5.41) is 3.01. The molecule has 0 aliphatic carbocycles. The third-order valence-corrected chi connectivity index (χ3v) is 5.11. The van der Waals surface area contributed by atoms with Crippen LogP contribution in [0.5, 0.6) is 0 Å². The number of hydrogen-bond donors (Lipinski definition) is 1. The number of aryl methyl sites for hydroxylation is 1. The van der Waals surface area contributed by atoms with Gasteiger partial charge < -0.3 is 10.2 Å². The molecule has 2 aromatic rings. The van der Waals surface area contributed by atoms with Crippen molar-refractivity contribution in [2.24, 2.45) is 0 Å². The van der Waals surface area contributed by atoms with Crippen molar-refractivity contribution in [3.63, 3.8) is 0 Å². The average molecular weight is 330 g/mol. The Hall–Kier alpha value is -1.79. The predicted octanol–water partition coefficient (Wildman–Crippen LogP) is 2.73. The Morgan fingerprint density at radius 2 is 2.13 bits per heavy atom. The molecule has 23 heavy (non-hydrogen) atoms. The lowest BCUT2D eigenvalue weighted by atomic mass is 10.1. The van der Waals surface area contributed by atoms with Gasteiger partial charge in [0.05, 0.1) is 21.8 Å². The summed E-state index contributed by atoms with van der Waals surface area (Å²) in [6.45, 7) is 5.88. The Labute approximate surface area is 140 Å². The number of likely N-dealkylation sites (tertiary alicyclic amines) is 1. The molecule has 0 radical (unpaired) electrons. The Bertz CT molecular complexity index is 664. The monoisotopic (exact) mass is 330 g/mol. The Kier molecular flexibility index (Phi) is 5.35. The minimum Gasteiger partial charge on any atom is -0.351 e. The van der Waals surface area contributed by atoms with Crippen molar-refractivity contribution in [3.05, 3.63) is 35.1 Å². The van der Waals surface area contributed by atoms with Gasteiger partial charge in [-0.05, 0) is 45.0 Å². The maximum atomic E-state index is 12.3. The van der Waals surface area contributed by atoms with E-state index in [0.717, 1.165) is 35.9 Å². The lowest BCUT2D eigenvalue weighted by Gasteiger charge is -2.26. The van der Waals surface area contributed by atoms with Gasteiger partial charge in [0.25, 0.3) is 5.91 Å². The Morgan fingerprint density at radius 1 is 1.30 bits per heavy atom. The van der Waals surface area contributed by atoms with Crippen LogP contribution >= 0.6 is 11.3 Å². The van der Waals surface area contributed by atoms with Gasteiger partial charge in [-0.2, -0.15) is 0 Å². The summed E-state index contributed by atoms with van der Waals surface area (Å²) in [5.41, 5.74) is 4.22. The second kappa shape index (κ2) is 7.66. The molecule has 0 saturated carbocycles. The number of carbonyl (C=O) groups excluding carboxylic acids is 1. The fraction of sp³-hybridized carbons (Fsp3) is 0.471. The molecule has 1 fully saturated rings. The van der Waals surface area contributed by atoms with E-state index in [1.807, 2.05) is 13.0 Å². The zero-order valence-corrected chi connectivity index (χ0v) is 14.2. The van der Waals surface area contributed by atoms with Gasteiger partial charge in [0.2, 0.25) is 0 Å². The predicted molar refractivity (Wildman–Crippen MR) is 92.7 cm³/mol. The molecule has 3 heterocycles. The van der Waals surface area contributed by atoms with E-state index in [1.54, 1.807) is 29.1 Å². The summed E-state index contributed by atoms with van der Waals surface area (Å²) in [5.74, 6) is -0.0344. The van der Waals surface area contributed by atoms with E-state index in [-0.39, 0.29) is 5.91 Å². The highest BCUT2D eigenvalue weighted by molar-refractivity contribution is 7.13. The molecule has 6 heteroatoms. The molecule has 3 rings (SSSR count). The van der Waals surface area contributed by atoms with Gasteiger partial charge >= 0.3 is 0 Å². The fourth-order valence-electron chi connectivity index (χ4n) is 2.86. The van der Waals surface area contributed by atoms with Crippen LogP contribution in [0.3, 0.4) is 0 Å². The van der Waals surface area contributed by atoms with Crippen molar-refractivity contribution >= 4 is 17.2 Å². The van der Waals surface area contributed by atoms with Gasteiger partial charge in [0.1, 0.15) is 0 Å². The van der Waals surface area contributed by atoms with E-state index in [9.17, 15) is 4.79 Å². The Balaban J connectivity index is 1.58. The van der Waals surface area contributed by atoms with Crippen molar-refractivity contribution in [2.45, 2.75) is 26.2 Å². The van der Waals surface area contributed by atoms with Crippen molar-refractivity contribution in [1.82, 2.24) is 20.2 Å². The quantitative estimate of drug-likeness (QED) is 0.916. The summed E-state index contributed by atoms with van der Waals surface area (Å²) in [7, 11) is 0. The molecule has 0 unspecified atom stereocenters. The van der Waals surface area contributed by atoms with Crippen LogP contribution in [0.1, 0.15) is 35.3 Å². The molecule has 1 amide bonds. The second-order valence-corrected chi connectivity index (χ2v) is 6.71. The third kappa shape index (κ3) is 4.14. The number of thiazole rings is 1. The van der Waals surface area contributed by atoms with Crippen molar-refractivity contribution in [3.8, 4) is 10.6 Å². The zero-order valence-electron chi connectivity index (χ0n) is 13.4. The number of rotatable bonds is 5. The van der Waals surface area contributed by atoms with Gasteiger partial charge in [0.15, 0.2) is 0 Å².